The number of halogens is 1. The molecule has 4 heteroatoms. The summed E-state index contributed by atoms with van der Waals surface area (Å²) < 4.78 is 0. The molecule has 0 saturated carbocycles. The number of rotatable bonds is 4. The van der Waals surface area contributed by atoms with E-state index in [0.29, 0.717) is 0 Å². The number of piperazine rings is 1. The number of hydrazone groups is 1. The molecule has 0 spiro atoms. The predicted molar refractivity (Wildman–Crippen MR) is 109 cm³/mol. The molecule has 0 aromatic heterocycles. The van der Waals surface area contributed by atoms with E-state index in [1.54, 1.807) is 4.90 Å². The number of hydrogen-bond donors (Lipinski definition) is 1. The molecule has 0 bridgehead atoms. The molecule has 0 radical (unpaired) electrons. The highest BCUT2D eigenvalue weighted by Crippen LogP contribution is 2.17. The zero-order valence-corrected chi connectivity index (χ0v) is 15.5. The lowest BCUT2D eigenvalue weighted by Gasteiger charge is -2.30. The summed E-state index contributed by atoms with van der Waals surface area (Å²) in [7, 11) is 0. The van der Waals surface area contributed by atoms with Crippen LogP contribution < -0.4 is 4.90 Å². The van der Waals surface area contributed by atoms with Crippen molar-refractivity contribution in [2.24, 2.45) is 5.10 Å². The molecule has 0 aliphatic carbocycles. The lowest BCUT2D eigenvalue weighted by molar-refractivity contribution is -0.918. The van der Waals surface area contributed by atoms with Crippen LogP contribution in [-0.4, -0.2) is 37.4 Å². The Balaban J connectivity index is 1.37. The first-order chi connectivity index (χ1) is 12.8. The van der Waals surface area contributed by atoms with E-state index in [9.17, 15) is 0 Å². The molecular formula is C22H23ClN3+. The van der Waals surface area contributed by atoms with Crippen LogP contribution >= 0.6 is 11.6 Å². The van der Waals surface area contributed by atoms with Gasteiger partial charge in [0.1, 0.15) is 6.54 Å². The molecule has 0 unspecified atom stereocenters. The molecule has 26 heavy (non-hydrogen) atoms. The molecule has 1 N–H and O–H groups in total. The number of nitrogens with zero attached hydrogens (tertiary/aromatic N) is 2. The quantitative estimate of drug-likeness (QED) is 0.705. The first-order valence-corrected chi connectivity index (χ1v) is 9.51. The number of fused-ring (bicyclic) bond motifs is 1. The highest BCUT2D eigenvalue weighted by atomic mass is 35.5. The van der Waals surface area contributed by atoms with Gasteiger partial charge in [0.15, 0.2) is 0 Å². The van der Waals surface area contributed by atoms with Gasteiger partial charge in [-0.3, -0.25) is 5.01 Å². The van der Waals surface area contributed by atoms with Crippen molar-refractivity contribution in [3.63, 3.8) is 0 Å². The maximum atomic E-state index is 6.19. The van der Waals surface area contributed by atoms with Crippen LogP contribution in [0.15, 0.2) is 71.8 Å². The molecule has 0 atom stereocenters. The fraction of sp³-hybridized carbons (Fsp3) is 0.227. The second-order valence-electron chi connectivity index (χ2n) is 6.78. The molecule has 3 aromatic rings. The Kier molecular flexibility index (Phi) is 5.19. The van der Waals surface area contributed by atoms with Crippen molar-refractivity contribution in [3.05, 3.63) is 82.9 Å². The van der Waals surface area contributed by atoms with E-state index in [-0.39, 0.29) is 0 Å². The van der Waals surface area contributed by atoms with Crippen LogP contribution in [0.25, 0.3) is 10.8 Å². The van der Waals surface area contributed by atoms with E-state index in [1.807, 2.05) is 30.5 Å². The van der Waals surface area contributed by atoms with Crippen molar-refractivity contribution in [1.82, 2.24) is 5.01 Å². The van der Waals surface area contributed by atoms with Gasteiger partial charge >= 0.3 is 0 Å². The smallest absolute Gasteiger partial charge is 0.104 e. The number of nitrogens with one attached hydrogen (secondary N) is 1. The van der Waals surface area contributed by atoms with E-state index < -0.39 is 0 Å². The van der Waals surface area contributed by atoms with Gasteiger partial charge in [0.25, 0.3) is 0 Å². The first-order valence-electron chi connectivity index (χ1n) is 9.13. The second-order valence-corrected chi connectivity index (χ2v) is 7.19. The summed E-state index contributed by atoms with van der Waals surface area (Å²) in [5, 5.41) is 10.2. The van der Waals surface area contributed by atoms with Crippen molar-refractivity contribution in [2.75, 3.05) is 26.2 Å². The van der Waals surface area contributed by atoms with Crippen LogP contribution in [0.5, 0.6) is 0 Å². The van der Waals surface area contributed by atoms with Crippen molar-refractivity contribution in [2.45, 2.75) is 6.54 Å². The van der Waals surface area contributed by atoms with Crippen LogP contribution in [0.2, 0.25) is 5.02 Å². The minimum Gasteiger partial charge on any atom is -0.328 e. The molecule has 1 saturated heterocycles. The molecule has 1 heterocycles. The Bertz CT molecular complexity index is 909. The van der Waals surface area contributed by atoms with Gasteiger partial charge in [-0.25, -0.2) is 0 Å². The van der Waals surface area contributed by atoms with Crippen molar-refractivity contribution >= 4 is 28.6 Å². The van der Waals surface area contributed by atoms with E-state index >= 15 is 0 Å². The number of benzene rings is 3. The summed E-state index contributed by atoms with van der Waals surface area (Å²) in [5.41, 5.74) is 2.41. The van der Waals surface area contributed by atoms with Crippen LogP contribution in [0.3, 0.4) is 0 Å². The monoisotopic (exact) mass is 364 g/mol. The van der Waals surface area contributed by atoms with Crippen molar-refractivity contribution < 1.29 is 4.90 Å². The van der Waals surface area contributed by atoms with Gasteiger partial charge in [-0.15, -0.1) is 0 Å². The fourth-order valence-electron chi connectivity index (χ4n) is 3.54. The van der Waals surface area contributed by atoms with Gasteiger partial charge in [-0.2, -0.15) is 5.10 Å². The Hall–Kier alpha value is -2.36. The molecule has 4 rings (SSSR count). The Morgan fingerprint density at radius 2 is 1.65 bits per heavy atom. The highest BCUT2D eigenvalue weighted by molar-refractivity contribution is 6.33. The maximum Gasteiger partial charge on any atom is 0.104 e. The Morgan fingerprint density at radius 1 is 0.923 bits per heavy atom. The molecular weight excluding hydrogens is 342 g/mol. The largest absolute Gasteiger partial charge is 0.328 e. The molecule has 1 aliphatic heterocycles. The normalized spacial score (nSPS) is 15.8. The average molecular weight is 365 g/mol. The minimum atomic E-state index is 0.747. The molecule has 1 aliphatic rings. The zero-order valence-electron chi connectivity index (χ0n) is 14.7. The zero-order chi connectivity index (χ0) is 17.8. The van der Waals surface area contributed by atoms with Gasteiger partial charge in [-0.05, 0) is 16.8 Å². The summed E-state index contributed by atoms with van der Waals surface area (Å²) in [6, 6.07) is 23.1. The molecule has 132 valence electrons. The van der Waals surface area contributed by atoms with Gasteiger partial charge < -0.3 is 4.90 Å². The van der Waals surface area contributed by atoms with Gasteiger partial charge in [0, 0.05) is 16.1 Å². The predicted octanol–water partition coefficient (Wildman–Crippen LogP) is 3.23. The molecule has 1 fully saturated rings. The molecule has 3 aromatic carbocycles. The van der Waals surface area contributed by atoms with Crippen LogP contribution in [0, 0.1) is 0 Å². The van der Waals surface area contributed by atoms with Crippen LogP contribution in [-0.2, 0) is 6.54 Å². The highest BCUT2D eigenvalue weighted by Gasteiger charge is 2.19. The summed E-state index contributed by atoms with van der Waals surface area (Å²) in [4.78, 5) is 1.62. The fourth-order valence-corrected chi connectivity index (χ4v) is 3.73. The third-order valence-electron chi connectivity index (χ3n) is 5.03. The van der Waals surface area contributed by atoms with E-state index in [1.165, 1.54) is 16.3 Å². The van der Waals surface area contributed by atoms with Crippen LogP contribution in [0.1, 0.15) is 11.1 Å². The van der Waals surface area contributed by atoms with Gasteiger partial charge in [0.05, 0.1) is 32.4 Å². The van der Waals surface area contributed by atoms with E-state index in [2.05, 4.69) is 52.6 Å². The second kappa shape index (κ2) is 7.90. The number of quaternary nitrogens is 1. The summed E-state index contributed by atoms with van der Waals surface area (Å²) >= 11 is 6.19. The Morgan fingerprint density at radius 3 is 2.50 bits per heavy atom. The third-order valence-corrected chi connectivity index (χ3v) is 5.38. The first kappa shape index (κ1) is 17.1. The molecule has 3 nitrogen and oxygen atoms in total. The summed E-state index contributed by atoms with van der Waals surface area (Å²) in [6.45, 7) is 5.22. The van der Waals surface area contributed by atoms with Gasteiger partial charge in [-0.1, -0.05) is 72.3 Å². The maximum absolute atomic E-state index is 6.19. The van der Waals surface area contributed by atoms with Crippen LogP contribution in [0.4, 0.5) is 0 Å². The number of hydrogen-bond acceptors (Lipinski definition) is 2. The SMILES string of the molecule is Clc1ccccc1/C=N\N1CC[NH+](Cc2cccc3ccccc23)CC1. The van der Waals surface area contributed by atoms with Crippen molar-refractivity contribution in [1.29, 1.82) is 0 Å². The summed E-state index contributed by atoms with van der Waals surface area (Å²) in [5.74, 6) is 0. The topological polar surface area (TPSA) is 20.0 Å². The lowest BCUT2D eigenvalue weighted by atomic mass is 10.0. The average Bonchev–Trinajstić information content (AvgIpc) is 2.69. The van der Waals surface area contributed by atoms with Crippen molar-refractivity contribution in [3.8, 4) is 0 Å². The minimum absolute atomic E-state index is 0.747. The Labute approximate surface area is 159 Å². The lowest BCUT2D eigenvalue weighted by Crippen LogP contribution is -3.13. The standard InChI is InChI=1S/C22H22ClN3/c23-22-11-4-2-7-19(22)16-24-26-14-12-25(13-15-26)17-20-9-5-8-18-6-1-3-10-21(18)20/h1-11,16H,12-15,17H2/p+1/b24-16-. The third kappa shape index (κ3) is 3.90. The summed E-state index contributed by atoms with van der Waals surface area (Å²) in [6.07, 6.45) is 1.87. The van der Waals surface area contributed by atoms with E-state index in [4.69, 9.17) is 11.6 Å². The van der Waals surface area contributed by atoms with Gasteiger partial charge in [0.2, 0.25) is 0 Å². The van der Waals surface area contributed by atoms with E-state index in [0.717, 1.165) is 43.3 Å². The molecule has 0 amide bonds.